The SMILES string of the molecule is NNCCCO.OCCCCl. The largest absolute Gasteiger partial charge is 0.396 e. The summed E-state index contributed by atoms with van der Waals surface area (Å²) in [7, 11) is 0. The number of hydrogen-bond donors (Lipinski definition) is 4. The molecule has 0 atom stereocenters. The van der Waals surface area contributed by atoms with Crippen molar-refractivity contribution in [1.82, 2.24) is 5.43 Å². The van der Waals surface area contributed by atoms with Crippen molar-refractivity contribution in [3.8, 4) is 0 Å². The van der Waals surface area contributed by atoms with Crippen molar-refractivity contribution < 1.29 is 10.2 Å². The first-order valence-corrected chi connectivity index (χ1v) is 4.08. The van der Waals surface area contributed by atoms with Gasteiger partial charge in [0.05, 0.1) is 0 Å². The van der Waals surface area contributed by atoms with Crippen molar-refractivity contribution >= 4 is 11.6 Å². The Bertz CT molecular complexity index is 51.8. The zero-order chi connectivity index (χ0) is 8.95. The van der Waals surface area contributed by atoms with E-state index in [-0.39, 0.29) is 13.2 Å². The Morgan fingerprint density at radius 3 is 1.82 bits per heavy atom. The van der Waals surface area contributed by atoms with Gasteiger partial charge in [-0.2, -0.15) is 0 Å². The van der Waals surface area contributed by atoms with Crippen molar-refractivity contribution in [2.45, 2.75) is 12.8 Å². The Kier molecular flexibility index (Phi) is 20.7. The number of aliphatic hydroxyl groups excluding tert-OH is 2. The fourth-order valence-electron chi connectivity index (χ4n) is 0.241. The highest BCUT2D eigenvalue weighted by Gasteiger charge is 1.74. The molecule has 0 aromatic rings. The molecular weight excluding hydrogens is 168 g/mol. The monoisotopic (exact) mass is 184 g/mol. The smallest absolute Gasteiger partial charge is 0.0443 e. The first kappa shape index (κ1) is 13.7. The van der Waals surface area contributed by atoms with Gasteiger partial charge in [0.1, 0.15) is 0 Å². The number of nitrogens with one attached hydrogen (secondary N) is 1. The van der Waals surface area contributed by atoms with Crippen molar-refractivity contribution in [3.05, 3.63) is 0 Å². The van der Waals surface area contributed by atoms with Gasteiger partial charge in [-0.05, 0) is 12.8 Å². The Labute approximate surface area is 72.3 Å². The van der Waals surface area contributed by atoms with E-state index in [1.165, 1.54) is 0 Å². The van der Waals surface area contributed by atoms with Gasteiger partial charge in [0, 0.05) is 25.6 Å². The van der Waals surface area contributed by atoms with Gasteiger partial charge >= 0.3 is 0 Å². The number of halogens is 1. The molecule has 0 rings (SSSR count). The highest BCUT2D eigenvalue weighted by atomic mass is 35.5. The molecule has 70 valence electrons. The van der Waals surface area contributed by atoms with E-state index in [2.05, 4.69) is 5.43 Å². The minimum atomic E-state index is 0.212. The molecule has 11 heavy (non-hydrogen) atoms. The third-order valence-corrected chi connectivity index (χ3v) is 1.04. The van der Waals surface area contributed by atoms with Crippen LogP contribution in [0.25, 0.3) is 0 Å². The number of nitrogens with two attached hydrogens (primary N) is 1. The number of alkyl halides is 1. The van der Waals surface area contributed by atoms with E-state index in [1.54, 1.807) is 0 Å². The summed E-state index contributed by atoms with van der Waals surface area (Å²) in [5.41, 5.74) is 2.41. The van der Waals surface area contributed by atoms with Crippen LogP contribution in [0.5, 0.6) is 0 Å². The molecule has 0 fully saturated rings. The van der Waals surface area contributed by atoms with E-state index < -0.39 is 0 Å². The van der Waals surface area contributed by atoms with Gasteiger partial charge in [-0.1, -0.05) is 0 Å². The normalized spacial score (nSPS) is 8.73. The molecular formula is C6H17ClN2O2. The van der Waals surface area contributed by atoms with Crippen LogP contribution >= 0.6 is 11.6 Å². The molecule has 0 heterocycles. The van der Waals surface area contributed by atoms with E-state index in [0.717, 1.165) is 6.42 Å². The van der Waals surface area contributed by atoms with E-state index in [9.17, 15) is 0 Å². The summed E-state index contributed by atoms with van der Waals surface area (Å²) in [6.45, 7) is 1.12. The number of hydrazine groups is 1. The van der Waals surface area contributed by atoms with Crippen LogP contribution in [0, 0.1) is 0 Å². The van der Waals surface area contributed by atoms with Crippen LogP contribution < -0.4 is 11.3 Å². The molecule has 5 heteroatoms. The molecule has 0 saturated carbocycles. The van der Waals surface area contributed by atoms with Gasteiger partial charge in [-0.25, -0.2) is 0 Å². The quantitative estimate of drug-likeness (QED) is 0.200. The maximum absolute atomic E-state index is 8.10. The number of rotatable bonds is 5. The van der Waals surface area contributed by atoms with Gasteiger partial charge in [-0.3, -0.25) is 11.3 Å². The average molecular weight is 185 g/mol. The second kappa shape index (κ2) is 16.6. The number of hydrogen-bond acceptors (Lipinski definition) is 4. The Balaban J connectivity index is 0. The van der Waals surface area contributed by atoms with Crippen LogP contribution in [0.2, 0.25) is 0 Å². The molecule has 0 aliphatic carbocycles. The minimum Gasteiger partial charge on any atom is -0.396 e. The zero-order valence-electron chi connectivity index (χ0n) is 6.59. The summed E-state index contributed by atoms with van der Waals surface area (Å²) in [4.78, 5) is 0. The molecule has 0 bridgehead atoms. The van der Waals surface area contributed by atoms with Crippen molar-refractivity contribution in [2.75, 3.05) is 25.6 Å². The first-order valence-electron chi connectivity index (χ1n) is 3.54. The van der Waals surface area contributed by atoms with Crippen molar-refractivity contribution in [3.63, 3.8) is 0 Å². The standard InChI is InChI=1S/C3H7ClO.C3H10N2O/c4-2-1-3-5;4-5-2-1-3-6/h5H,1-3H2;5-6H,1-4H2. The first-order chi connectivity index (χ1) is 5.33. The Morgan fingerprint density at radius 2 is 1.73 bits per heavy atom. The van der Waals surface area contributed by atoms with Gasteiger partial charge < -0.3 is 10.2 Å². The summed E-state index contributed by atoms with van der Waals surface area (Å²) in [5, 5.41) is 16.1. The highest BCUT2D eigenvalue weighted by Crippen LogP contribution is 1.77. The molecule has 0 radical (unpaired) electrons. The maximum Gasteiger partial charge on any atom is 0.0443 e. The highest BCUT2D eigenvalue weighted by molar-refractivity contribution is 6.17. The summed E-state index contributed by atoms with van der Waals surface area (Å²) in [5.74, 6) is 5.42. The van der Waals surface area contributed by atoms with Gasteiger partial charge in [0.25, 0.3) is 0 Å². The molecule has 0 aromatic heterocycles. The summed E-state index contributed by atoms with van der Waals surface area (Å²) in [6.07, 6.45) is 1.44. The van der Waals surface area contributed by atoms with Crippen LogP contribution in [0.1, 0.15) is 12.8 Å². The topological polar surface area (TPSA) is 78.5 Å². The zero-order valence-corrected chi connectivity index (χ0v) is 7.35. The lowest BCUT2D eigenvalue weighted by Crippen LogP contribution is -2.23. The van der Waals surface area contributed by atoms with Crippen LogP contribution in [0.4, 0.5) is 0 Å². The van der Waals surface area contributed by atoms with Gasteiger partial charge in [-0.15, -0.1) is 11.6 Å². The lowest BCUT2D eigenvalue weighted by atomic mass is 10.5. The Hall–Kier alpha value is 0.130. The van der Waals surface area contributed by atoms with E-state index in [1.807, 2.05) is 0 Å². The van der Waals surface area contributed by atoms with Gasteiger partial charge in [0.15, 0.2) is 0 Å². The molecule has 0 aliphatic heterocycles. The summed E-state index contributed by atoms with van der Waals surface area (Å²) < 4.78 is 0. The average Bonchev–Trinajstić information content (AvgIpc) is 2.04. The second-order valence-electron chi connectivity index (χ2n) is 1.80. The molecule has 0 aliphatic rings. The molecule has 0 aromatic carbocycles. The van der Waals surface area contributed by atoms with Crippen molar-refractivity contribution in [1.29, 1.82) is 0 Å². The molecule has 0 saturated heterocycles. The van der Waals surface area contributed by atoms with Gasteiger partial charge in [0.2, 0.25) is 0 Å². The third kappa shape index (κ3) is 25.4. The predicted molar refractivity (Wildman–Crippen MR) is 46.3 cm³/mol. The maximum atomic E-state index is 8.10. The minimum absolute atomic E-state index is 0.212. The Morgan fingerprint density at radius 1 is 1.18 bits per heavy atom. The summed E-state index contributed by atoms with van der Waals surface area (Å²) >= 11 is 5.14. The van der Waals surface area contributed by atoms with E-state index in [4.69, 9.17) is 27.7 Å². The fourth-order valence-corrected chi connectivity index (χ4v) is 0.360. The predicted octanol–water partition coefficient (Wildman–Crippen LogP) is -0.560. The van der Waals surface area contributed by atoms with Crippen LogP contribution in [-0.2, 0) is 0 Å². The van der Waals surface area contributed by atoms with E-state index >= 15 is 0 Å². The van der Waals surface area contributed by atoms with Crippen molar-refractivity contribution in [2.24, 2.45) is 5.84 Å². The summed E-state index contributed by atoms with van der Waals surface area (Å²) in [6, 6.07) is 0. The molecule has 0 unspecified atom stereocenters. The second-order valence-corrected chi connectivity index (χ2v) is 2.18. The lowest BCUT2D eigenvalue weighted by Gasteiger charge is -1.89. The van der Waals surface area contributed by atoms with Crippen LogP contribution in [0.15, 0.2) is 0 Å². The molecule has 4 nitrogen and oxygen atoms in total. The molecule has 0 spiro atoms. The molecule has 5 N–H and O–H groups in total. The fraction of sp³-hybridized carbons (Fsp3) is 1.00. The third-order valence-electron chi connectivity index (χ3n) is 0.771. The molecule has 0 amide bonds. The van der Waals surface area contributed by atoms with Crippen LogP contribution in [0.3, 0.4) is 0 Å². The lowest BCUT2D eigenvalue weighted by molar-refractivity contribution is 0.286. The van der Waals surface area contributed by atoms with Crippen LogP contribution in [-0.4, -0.2) is 35.9 Å². The van der Waals surface area contributed by atoms with E-state index in [0.29, 0.717) is 18.8 Å². The number of aliphatic hydroxyl groups is 2.